The number of carbonyl (C=O) groups excluding carboxylic acids is 1. The second-order valence-electron chi connectivity index (χ2n) is 11.7. The Labute approximate surface area is 299 Å². The third-order valence-electron chi connectivity index (χ3n) is 7.74. The standard InChI is InChI=1S/C35H33Cl2N4O6PS/c1-23(2)31-34(49-30-16-26(36)15-27(37)17-30)41(32(40-31)33(41)47-35(38)42)19-28-13-14-29(18-39-28)44-22-48(43,45-20-24-9-5-3-6-10-24)46-21-25-11-7-4-8-12-25/h3-18,23,33H,19-22H2,1-2H3,(H-,38,42)/p+1. The fourth-order valence-electron chi connectivity index (χ4n) is 5.32. The van der Waals surface area contributed by atoms with Crippen molar-refractivity contribution in [1.82, 2.24) is 4.98 Å². The molecule has 14 heteroatoms. The minimum absolute atomic E-state index is 0.0781. The molecule has 1 fully saturated rings. The van der Waals surface area contributed by atoms with Crippen molar-refractivity contribution in [2.45, 2.75) is 44.7 Å². The lowest BCUT2D eigenvalue weighted by atomic mass is 10.1. The van der Waals surface area contributed by atoms with Crippen molar-refractivity contribution in [3.8, 4) is 5.75 Å². The lowest BCUT2D eigenvalue weighted by Crippen LogP contribution is -2.31. The molecule has 254 valence electrons. The van der Waals surface area contributed by atoms with Crippen molar-refractivity contribution < 1.29 is 32.4 Å². The van der Waals surface area contributed by atoms with E-state index in [0.29, 0.717) is 33.9 Å². The molecule has 2 atom stereocenters. The summed E-state index contributed by atoms with van der Waals surface area (Å²) in [6.45, 7) is 4.61. The van der Waals surface area contributed by atoms with Crippen LogP contribution in [0.5, 0.6) is 5.75 Å². The van der Waals surface area contributed by atoms with Crippen LogP contribution in [0.25, 0.3) is 0 Å². The number of hydrogen-bond acceptors (Lipinski definition) is 9. The molecule has 1 amide bonds. The minimum Gasteiger partial charge on any atom is -0.479 e. The van der Waals surface area contributed by atoms with E-state index in [-0.39, 0.29) is 30.0 Å². The highest BCUT2D eigenvalue weighted by molar-refractivity contribution is 8.03. The van der Waals surface area contributed by atoms with E-state index in [1.54, 1.807) is 24.4 Å². The molecule has 0 bridgehead atoms. The predicted molar refractivity (Wildman–Crippen MR) is 190 cm³/mol. The first-order valence-electron chi connectivity index (χ1n) is 15.4. The molecule has 1 aromatic heterocycles. The summed E-state index contributed by atoms with van der Waals surface area (Å²) in [6, 6.07) is 27.7. The Morgan fingerprint density at radius 2 is 1.55 bits per heavy atom. The smallest absolute Gasteiger partial charge is 0.409 e. The summed E-state index contributed by atoms with van der Waals surface area (Å²) >= 11 is 14.1. The number of pyridine rings is 1. The molecule has 2 aliphatic rings. The average molecular weight is 741 g/mol. The molecule has 0 radical (unpaired) electrons. The van der Waals surface area contributed by atoms with E-state index < -0.39 is 19.9 Å². The molecule has 6 rings (SSSR count). The van der Waals surface area contributed by atoms with Crippen LogP contribution in [0.15, 0.2) is 118 Å². The average Bonchev–Trinajstić information content (AvgIpc) is 3.52. The summed E-state index contributed by atoms with van der Waals surface area (Å²) in [5.41, 5.74) is 8.71. The van der Waals surface area contributed by atoms with Gasteiger partial charge in [-0.1, -0.05) is 97.7 Å². The zero-order chi connectivity index (χ0) is 34.6. The maximum atomic E-state index is 13.8. The topological polar surface area (TPSA) is 122 Å². The summed E-state index contributed by atoms with van der Waals surface area (Å²) in [6.07, 6.45) is -0.360. The van der Waals surface area contributed by atoms with Gasteiger partial charge in [-0.05, 0) is 53.2 Å². The number of rotatable bonds is 15. The number of primary amides is 1. The molecule has 10 nitrogen and oxygen atoms in total. The Hall–Kier alpha value is -3.67. The monoisotopic (exact) mass is 739 g/mol. The summed E-state index contributed by atoms with van der Waals surface area (Å²) in [5, 5.41) is 1.87. The van der Waals surface area contributed by atoms with Gasteiger partial charge in [0.25, 0.3) is 0 Å². The number of thioether (sulfide) groups is 1. The molecule has 0 aliphatic carbocycles. The van der Waals surface area contributed by atoms with E-state index in [1.807, 2.05) is 86.6 Å². The molecule has 0 spiro atoms. The quantitative estimate of drug-likeness (QED) is 0.0728. The molecule has 3 heterocycles. The number of benzene rings is 3. The van der Waals surface area contributed by atoms with Crippen LogP contribution in [0.3, 0.4) is 0 Å². The van der Waals surface area contributed by atoms with Gasteiger partial charge in [0.15, 0.2) is 6.35 Å². The molecule has 1 saturated heterocycles. The van der Waals surface area contributed by atoms with Gasteiger partial charge in [0, 0.05) is 20.9 Å². The van der Waals surface area contributed by atoms with Crippen molar-refractivity contribution >= 4 is 54.5 Å². The van der Waals surface area contributed by atoms with E-state index in [2.05, 4.69) is 4.98 Å². The van der Waals surface area contributed by atoms with Crippen LogP contribution >= 0.6 is 42.6 Å². The highest BCUT2D eigenvalue weighted by Gasteiger charge is 2.75. The number of nitrogens with two attached hydrogens (primary N) is 1. The van der Waals surface area contributed by atoms with E-state index in [4.69, 9.17) is 52.4 Å². The van der Waals surface area contributed by atoms with Gasteiger partial charge in [-0.3, -0.25) is 9.55 Å². The van der Waals surface area contributed by atoms with Crippen molar-refractivity contribution in [3.05, 3.63) is 135 Å². The Kier molecular flexibility index (Phi) is 10.8. The van der Waals surface area contributed by atoms with Crippen molar-refractivity contribution in [2.24, 2.45) is 16.6 Å². The van der Waals surface area contributed by atoms with E-state index >= 15 is 0 Å². The van der Waals surface area contributed by atoms with Crippen LogP contribution in [0.4, 0.5) is 4.79 Å². The largest absolute Gasteiger partial charge is 0.479 e. The van der Waals surface area contributed by atoms with Gasteiger partial charge in [-0.2, -0.15) is 9.48 Å². The Bertz CT molecular complexity index is 1860. The summed E-state index contributed by atoms with van der Waals surface area (Å²) in [7, 11) is -3.70. The fraction of sp³-hybridized carbons (Fsp3) is 0.229. The first-order chi connectivity index (χ1) is 23.5. The first-order valence-corrected chi connectivity index (χ1v) is 18.7. The highest BCUT2D eigenvalue weighted by atomic mass is 35.5. The number of carbonyl (C=O) groups is 1. The van der Waals surface area contributed by atoms with Gasteiger partial charge in [-0.15, -0.1) is 0 Å². The van der Waals surface area contributed by atoms with Crippen LogP contribution in [0, 0.1) is 5.92 Å². The Balaban J connectivity index is 1.19. The molecule has 3 aromatic carbocycles. The van der Waals surface area contributed by atoms with Crippen LogP contribution in [-0.4, -0.2) is 34.0 Å². The summed E-state index contributed by atoms with van der Waals surface area (Å²) in [5.74, 6) is 1.12. The highest BCUT2D eigenvalue weighted by Crippen LogP contribution is 2.56. The van der Waals surface area contributed by atoms with Crippen molar-refractivity contribution in [2.75, 3.05) is 6.35 Å². The summed E-state index contributed by atoms with van der Waals surface area (Å²) < 4.78 is 37.1. The Morgan fingerprint density at radius 3 is 2.08 bits per heavy atom. The maximum Gasteiger partial charge on any atom is 0.409 e. The Morgan fingerprint density at radius 1 is 0.939 bits per heavy atom. The number of fused-ring (bicyclic) bond motifs is 1. The number of aromatic nitrogens is 1. The van der Waals surface area contributed by atoms with Crippen LogP contribution in [-0.2, 0) is 38.1 Å². The normalized spacial score (nSPS) is 18.3. The number of ether oxygens (including phenoxy) is 2. The number of nitrogens with zero attached hydrogens (tertiary/aromatic N) is 3. The number of allylic oxidation sites excluding steroid dienone is 1. The molecule has 2 aliphatic heterocycles. The van der Waals surface area contributed by atoms with Gasteiger partial charge in [0.05, 0.1) is 25.1 Å². The lowest BCUT2D eigenvalue weighted by Gasteiger charge is -2.21. The van der Waals surface area contributed by atoms with E-state index in [1.165, 1.54) is 11.8 Å². The second-order valence-corrected chi connectivity index (χ2v) is 15.7. The predicted octanol–water partition coefficient (Wildman–Crippen LogP) is 9.13. The number of halogens is 2. The zero-order valence-electron chi connectivity index (χ0n) is 26.7. The number of quaternary nitrogens is 1. The third kappa shape index (κ3) is 8.38. The third-order valence-corrected chi connectivity index (χ3v) is 10.9. The zero-order valence-corrected chi connectivity index (χ0v) is 29.9. The van der Waals surface area contributed by atoms with E-state index in [9.17, 15) is 9.36 Å². The molecule has 2 N–H and O–H groups in total. The molecular weight excluding hydrogens is 706 g/mol. The van der Waals surface area contributed by atoms with Crippen LogP contribution in [0.2, 0.25) is 10.0 Å². The van der Waals surface area contributed by atoms with Gasteiger partial charge in [0.2, 0.25) is 5.03 Å². The molecule has 2 unspecified atom stereocenters. The van der Waals surface area contributed by atoms with Crippen LogP contribution < -0.4 is 10.5 Å². The molecular formula is C35H34Cl2N4O6PS+. The van der Waals surface area contributed by atoms with Gasteiger partial charge in [0.1, 0.15) is 18.0 Å². The maximum absolute atomic E-state index is 13.8. The molecule has 4 aromatic rings. The van der Waals surface area contributed by atoms with Crippen molar-refractivity contribution in [1.29, 1.82) is 0 Å². The first kappa shape index (κ1) is 35.2. The fourth-order valence-corrected chi connectivity index (χ4v) is 8.59. The molecule has 49 heavy (non-hydrogen) atoms. The number of amides is 1. The van der Waals surface area contributed by atoms with Gasteiger partial charge < -0.3 is 24.3 Å². The van der Waals surface area contributed by atoms with Crippen LogP contribution in [0.1, 0.15) is 30.7 Å². The summed E-state index contributed by atoms with van der Waals surface area (Å²) in [4.78, 5) is 22.2. The minimum atomic E-state index is -3.70. The second kappa shape index (κ2) is 15.1. The molecule has 0 saturated carbocycles. The van der Waals surface area contributed by atoms with Gasteiger partial charge >= 0.3 is 25.8 Å². The SMILES string of the molecule is CC(C)C1=C(Sc2cc(Cl)cc(Cl)c2)[N+]2(Cc3ccc(OCP(=O)(OCc4ccccc4)OCc4ccccc4)cn3)C(=N1)C2OC(N)=O. The van der Waals surface area contributed by atoms with Crippen molar-refractivity contribution in [3.63, 3.8) is 0 Å². The number of hydrogen-bond donors (Lipinski definition) is 1. The van der Waals surface area contributed by atoms with E-state index in [0.717, 1.165) is 26.7 Å². The number of amidine groups is 1. The number of aliphatic imine (C=N–C) groups is 1. The van der Waals surface area contributed by atoms with Gasteiger partial charge in [-0.25, -0.2) is 4.79 Å². The lowest BCUT2D eigenvalue weighted by molar-refractivity contribution is -0.751.